The second-order valence-corrected chi connectivity index (χ2v) is 9.02. The summed E-state index contributed by atoms with van der Waals surface area (Å²) in [5.74, 6) is -1.48. The van der Waals surface area contributed by atoms with E-state index in [1.807, 2.05) is 60.8 Å². The molecule has 0 saturated carbocycles. The molecule has 1 amide bonds. The number of nitrogens with one attached hydrogen (secondary N) is 3. The molecule has 30 heavy (non-hydrogen) atoms. The summed E-state index contributed by atoms with van der Waals surface area (Å²) < 4.78 is 0. The molecule has 8 heteroatoms. The summed E-state index contributed by atoms with van der Waals surface area (Å²) >= 11 is 4.30. The van der Waals surface area contributed by atoms with Gasteiger partial charge >= 0.3 is 5.97 Å². The monoisotopic (exact) mass is 441 g/mol. The molecule has 0 aliphatic carbocycles. The Morgan fingerprint density at radius 3 is 2.50 bits per heavy atom. The maximum absolute atomic E-state index is 12.7. The fourth-order valence-electron chi connectivity index (χ4n) is 3.52. The Hall–Kier alpha value is -2.55. The van der Waals surface area contributed by atoms with Crippen LogP contribution in [-0.4, -0.2) is 49.7 Å². The van der Waals surface area contributed by atoms with Gasteiger partial charge in [0.25, 0.3) is 0 Å². The third kappa shape index (κ3) is 5.53. The Kier molecular flexibility index (Phi) is 7.73. The predicted octanol–water partition coefficient (Wildman–Crippen LogP) is 1.31. The molecule has 0 fully saturated rings. The van der Waals surface area contributed by atoms with E-state index in [2.05, 4.69) is 28.2 Å². The Labute approximate surface area is 184 Å². The third-order valence-electron chi connectivity index (χ3n) is 5.30. The van der Waals surface area contributed by atoms with E-state index >= 15 is 0 Å². The summed E-state index contributed by atoms with van der Waals surface area (Å²) in [5.41, 5.74) is 2.60. The van der Waals surface area contributed by atoms with Crippen molar-refractivity contribution in [1.29, 1.82) is 0 Å². The summed E-state index contributed by atoms with van der Waals surface area (Å²) in [5, 5.41) is 17.0. The van der Waals surface area contributed by atoms with Crippen LogP contribution >= 0.6 is 12.6 Å². The minimum Gasteiger partial charge on any atom is -0.481 e. The van der Waals surface area contributed by atoms with Crippen LogP contribution in [0.3, 0.4) is 0 Å². The number of carboxylic acids is 1. The molecular weight excluding hydrogens is 414 g/mol. The van der Waals surface area contributed by atoms with E-state index in [9.17, 15) is 14.7 Å². The number of carboxylic acid groups (broad SMARTS) is 1. The normalized spacial score (nSPS) is 14.3. The van der Waals surface area contributed by atoms with Crippen molar-refractivity contribution in [2.24, 2.45) is 5.92 Å². The quantitative estimate of drug-likeness (QED) is 0.242. The highest BCUT2D eigenvalue weighted by Crippen LogP contribution is 2.22. The van der Waals surface area contributed by atoms with Crippen LogP contribution in [0.2, 0.25) is 0 Å². The first-order chi connectivity index (χ1) is 14.5. The molecule has 1 heterocycles. The van der Waals surface area contributed by atoms with Gasteiger partial charge in [0.15, 0.2) is 0 Å². The zero-order valence-corrected chi connectivity index (χ0v) is 19.7. The van der Waals surface area contributed by atoms with Gasteiger partial charge in [0.2, 0.25) is 5.91 Å². The van der Waals surface area contributed by atoms with Crippen LogP contribution in [0.25, 0.3) is 10.9 Å². The van der Waals surface area contributed by atoms with Crippen molar-refractivity contribution in [1.82, 2.24) is 15.6 Å². The number of carbonyl (C=O) groups excluding carboxylic acids is 1. The van der Waals surface area contributed by atoms with Crippen LogP contribution in [0.5, 0.6) is 0 Å². The molecule has 2 unspecified atom stereocenters. The lowest BCUT2D eigenvalue weighted by atomic mass is 9.98. The first-order valence-corrected chi connectivity index (χ1v) is 11.7. The number of aliphatic carboxylic acids is 1. The maximum atomic E-state index is 12.7. The van der Waals surface area contributed by atoms with Crippen LogP contribution < -0.4 is 10.6 Å². The Bertz CT molecular complexity index is 995. The zero-order valence-electron chi connectivity index (χ0n) is 16.8. The van der Waals surface area contributed by atoms with Crippen molar-refractivity contribution in [3.8, 4) is 0 Å². The molecule has 0 aliphatic heterocycles. The van der Waals surface area contributed by atoms with Gasteiger partial charge in [-0.15, -0.1) is 0 Å². The van der Waals surface area contributed by atoms with E-state index in [0.29, 0.717) is 29.0 Å². The number of H-pyrrole nitrogens is 1. The fourth-order valence-corrected chi connectivity index (χ4v) is 4.62. The second kappa shape index (κ2) is 10.5. The van der Waals surface area contributed by atoms with Crippen LogP contribution in [-0.2, 0) is 22.6 Å². The van der Waals surface area contributed by atoms with Gasteiger partial charge in [0, 0.05) is 45.3 Å². The number of amides is 1. The maximum Gasteiger partial charge on any atom is 0.308 e. The van der Waals surface area contributed by atoms with E-state index < -0.39 is 23.6 Å². The predicted molar refractivity (Wildman–Crippen MR) is 126 cm³/mol. The Morgan fingerprint density at radius 1 is 1.10 bits per heavy atom. The van der Waals surface area contributed by atoms with Gasteiger partial charge < -0.3 is 20.7 Å². The summed E-state index contributed by atoms with van der Waals surface area (Å²) in [6, 6.07) is 17.1. The highest BCUT2D eigenvalue weighted by molar-refractivity contribution is 7.80. The number of hydrogen-bond donors (Lipinski definition) is 5. The van der Waals surface area contributed by atoms with Crippen molar-refractivity contribution < 1.29 is 14.7 Å². The Balaban J connectivity index is 1.63. The molecule has 4 N–H and O–H groups in total. The topological polar surface area (TPSA) is 94.2 Å². The minimum atomic E-state index is -0.903. The van der Waals surface area contributed by atoms with Gasteiger partial charge in [0.05, 0.1) is 12.0 Å². The minimum absolute atomic E-state index is 0.217. The average Bonchev–Trinajstić information content (AvgIpc) is 3.16. The number of fused-ring (bicyclic) bond motifs is 1. The molecule has 158 valence electrons. The molecule has 0 bridgehead atoms. The molecule has 3 aromatic rings. The number of benzene rings is 2. The van der Waals surface area contributed by atoms with Gasteiger partial charge in [-0.05, 0) is 23.6 Å². The van der Waals surface area contributed by atoms with Gasteiger partial charge in [-0.1, -0.05) is 48.5 Å². The fraction of sp³-hybridized carbons (Fsp3) is 0.273. The smallest absolute Gasteiger partial charge is 0.308 e. The largest absolute Gasteiger partial charge is 0.481 e. The van der Waals surface area contributed by atoms with Gasteiger partial charge in [0.1, 0.15) is 0 Å². The van der Waals surface area contributed by atoms with E-state index in [0.717, 1.165) is 22.0 Å². The van der Waals surface area contributed by atoms with Crippen molar-refractivity contribution in [3.63, 3.8) is 0 Å². The molecule has 1 aromatic heterocycles. The van der Waals surface area contributed by atoms with Gasteiger partial charge in [-0.2, -0.15) is 12.6 Å². The number of aromatic amines is 1. The zero-order chi connectivity index (χ0) is 21.5. The highest BCUT2D eigenvalue weighted by atomic mass is 32.1. The number of hydrogen-bond acceptors (Lipinski definition) is 4. The average molecular weight is 442 g/mol. The standard InChI is InChI=1S/C22H27N3O3SSi/c26-20(19(13-29)23-11-14-6-2-1-3-7-14)25-21(30)17(22(27)28)10-15-12-24-18-9-5-4-8-16(15)18/h1-9,12,17,19,21,23-24,29H,10-11,13H2,30H3,(H,25,26)(H,27,28)/t17-,19?,21?/m1/s1. The lowest BCUT2D eigenvalue weighted by Crippen LogP contribution is -2.52. The molecule has 0 radical (unpaired) electrons. The molecule has 0 aliphatic rings. The van der Waals surface area contributed by atoms with Crippen molar-refractivity contribution in [2.75, 3.05) is 5.75 Å². The Morgan fingerprint density at radius 2 is 1.80 bits per heavy atom. The SMILES string of the molecule is O=C(NC([SiH3])[C@@H](Cc1c[nH]c2ccccc12)C(=O)O)C(CS)NCc1ccccc1. The molecule has 0 spiro atoms. The van der Waals surface area contributed by atoms with Crippen LogP contribution in [0, 0.1) is 5.92 Å². The third-order valence-corrected chi connectivity index (χ3v) is 6.76. The molecule has 3 atom stereocenters. The highest BCUT2D eigenvalue weighted by Gasteiger charge is 2.29. The molecule has 3 rings (SSSR count). The van der Waals surface area contributed by atoms with Gasteiger partial charge in [-0.3, -0.25) is 9.59 Å². The van der Waals surface area contributed by atoms with Crippen molar-refractivity contribution in [2.45, 2.75) is 24.7 Å². The number of para-hydroxylation sites is 1. The summed E-state index contributed by atoms with van der Waals surface area (Å²) in [7, 11) is 0.521. The molecule has 2 aromatic carbocycles. The lowest BCUT2D eigenvalue weighted by Gasteiger charge is -2.24. The number of rotatable bonds is 10. The first kappa shape index (κ1) is 22.1. The number of carbonyl (C=O) groups is 2. The number of aromatic nitrogens is 1. The van der Waals surface area contributed by atoms with Crippen LogP contribution in [0.1, 0.15) is 11.1 Å². The number of thiol groups is 1. The molecule has 0 saturated heterocycles. The van der Waals surface area contributed by atoms with Crippen molar-refractivity contribution >= 4 is 45.7 Å². The van der Waals surface area contributed by atoms with E-state index in [-0.39, 0.29) is 5.91 Å². The van der Waals surface area contributed by atoms with Gasteiger partial charge in [-0.25, -0.2) is 0 Å². The first-order valence-electron chi connectivity index (χ1n) is 9.96. The summed E-state index contributed by atoms with van der Waals surface area (Å²) in [6.45, 7) is 0.545. The van der Waals surface area contributed by atoms with E-state index in [1.165, 1.54) is 0 Å². The van der Waals surface area contributed by atoms with E-state index in [4.69, 9.17) is 0 Å². The molecular formula is C22H27N3O3SSi. The molecule has 6 nitrogen and oxygen atoms in total. The van der Waals surface area contributed by atoms with Crippen LogP contribution in [0.15, 0.2) is 60.8 Å². The summed E-state index contributed by atoms with van der Waals surface area (Å²) in [4.78, 5) is 27.9. The van der Waals surface area contributed by atoms with Crippen LogP contribution in [0.4, 0.5) is 0 Å². The lowest BCUT2D eigenvalue weighted by molar-refractivity contribution is -0.142. The second-order valence-electron chi connectivity index (χ2n) is 7.41. The van der Waals surface area contributed by atoms with Crippen molar-refractivity contribution in [3.05, 3.63) is 71.9 Å². The summed E-state index contributed by atoms with van der Waals surface area (Å²) in [6.07, 6.45) is 2.21. The van der Waals surface area contributed by atoms with E-state index in [1.54, 1.807) is 0 Å².